The van der Waals surface area contributed by atoms with Crippen molar-refractivity contribution >= 4 is 5.91 Å². The van der Waals surface area contributed by atoms with E-state index < -0.39 is 0 Å². The summed E-state index contributed by atoms with van der Waals surface area (Å²) in [5, 5.41) is 6.50. The van der Waals surface area contributed by atoms with Crippen molar-refractivity contribution < 1.29 is 4.79 Å². The third-order valence-corrected chi connectivity index (χ3v) is 3.55. The molecular formula is C14H28N2O. The normalized spacial score (nSPS) is 20.0. The standard InChI is InChI=1S/C14H28N2O/c1-5-6-14(7-9-15-10-8-14)12(17)16-11-13(2,3)4/h15H,5-11H2,1-4H3,(H,16,17). The first-order valence-electron chi connectivity index (χ1n) is 6.89. The first kappa shape index (κ1) is 14.5. The largest absolute Gasteiger partial charge is 0.355 e. The van der Waals surface area contributed by atoms with Gasteiger partial charge in [0.1, 0.15) is 0 Å². The summed E-state index contributed by atoms with van der Waals surface area (Å²) in [6.45, 7) is 11.4. The second kappa shape index (κ2) is 5.85. The fraction of sp³-hybridized carbons (Fsp3) is 0.929. The predicted octanol–water partition coefficient (Wildman–Crippen LogP) is 2.32. The second-order valence-corrected chi connectivity index (χ2v) is 6.52. The number of hydrogen-bond acceptors (Lipinski definition) is 2. The number of nitrogens with one attached hydrogen (secondary N) is 2. The summed E-state index contributed by atoms with van der Waals surface area (Å²) in [7, 11) is 0. The van der Waals surface area contributed by atoms with Crippen LogP contribution >= 0.6 is 0 Å². The van der Waals surface area contributed by atoms with E-state index in [1.54, 1.807) is 0 Å². The molecule has 2 N–H and O–H groups in total. The second-order valence-electron chi connectivity index (χ2n) is 6.52. The first-order valence-corrected chi connectivity index (χ1v) is 6.89. The number of rotatable bonds is 4. The van der Waals surface area contributed by atoms with Crippen LogP contribution in [0.1, 0.15) is 53.4 Å². The highest BCUT2D eigenvalue weighted by Crippen LogP contribution is 2.34. The van der Waals surface area contributed by atoms with E-state index in [4.69, 9.17) is 0 Å². The van der Waals surface area contributed by atoms with Crippen LogP contribution in [0.4, 0.5) is 0 Å². The molecule has 0 aromatic rings. The van der Waals surface area contributed by atoms with Gasteiger partial charge in [0, 0.05) is 6.54 Å². The Bertz CT molecular complexity index is 244. The number of carbonyl (C=O) groups excluding carboxylic acids is 1. The average Bonchev–Trinajstić information content (AvgIpc) is 2.26. The van der Waals surface area contributed by atoms with Gasteiger partial charge in [-0.15, -0.1) is 0 Å². The Morgan fingerprint density at radius 1 is 1.29 bits per heavy atom. The van der Waals surface area contributed by atoms with E-state index in [-0.39, 0.29) is 16.7 Å². The topological polar surface area (TPSA) is 41.1 Å². The van der Waals surface area contributed by atoms with Crippen LogP contribution in [0.5, 0.6) is 0 Å². The van der Waals surface area contributed by atoms with Crippen molar-refractivity contribution in [2.75, 3.05) is 19.6 Å². The minimum absolute atomic E-state index is 0.106. The van der Waals surface area contributed by atoms with Crippen LogP contribution in [0.25, 0.3) is 0 Å². The molecular weight excluding hydrogens is 212 g/mol. The SMILES string of the molecule is CCCC1(C(=O)NCC(C)(C)C)CCNCC1. The van der Waals surface area contributed by atoms with Crippen LogP contribution in [0.15, 0.2) is 0 Å². The smallest absolute Gasteiger partial charge is 0.226 e. The van der Waals surface area contributed by atoms with Gasteiger partial charge in [0.25, 0.3) is 0 Å². The Morgan fingerprint density at radius 3 is 2.35 bits per heavy atom. The van der Waals surface area contributed by atoms with Crippen LogP contribution < -0.4 is 10.6 Å². The molecule has 0 aliphatic carbocycles. The van der Waals surface area contributed by atoms with Gasteiger partial charge >= 0.3 is 0 Å². The zero-order chi connectivity index (χ0) is 12.9. The molecule has 0 atom stereocenters. The molecule has 0 radical (unpaired) electrons. The fourth-order valence-electron chi connectivity index (χ4n) is 2.51. The summed E-state index contributed by atoms with van der Waals surface area (Å²) in [5.74, 6) is 0.274. The molecule has 3 nitrogen and oxygen atoms in total. The zero-order valence-electron chi connectivity index (χ0n) is 11.9. The molecule has 1 amide bonds. The van der Waals surface area contributed by atoms with Gasteiger partial charge in [-0.05, 0) is 37.8 Å². The van der Waals surface area contributed by atoms with Gasteiger partial charge in [-0.25, -0.2) is 0 Å². The maximum atomic E-state index is 12.4. The molecule has 0 unspecified atom stereocenters. The van der Waals surface area contributed by atoms with E-state index in [9.17, 15) is 4.79 Å². The summed E-state index contributed by atoms with van der Waals surface area (Å²) < 4.78 is 0. The van der Waals surface area contributed by atoms with Crippen molar-refractivity contribution in [3.05, 3.63) is 0 Å². The van der Waals surface area contributed by atoms with Crippen molar-refractivity contribution in [2.24, 2.45) is 10.8 Å². The minimum Gasteiger partial charge on any atom is -0.355 e. The van der Waals surface area contributed by atoms with Crippen LogP contribution in [-0.4, -0.2) is 25.5 Å². The quantitative estimate of drug-likeness (QED) is 0.792. The highest BCUT2D eigenvalue weighted by Gasteiger charge is 2.38. The molecule has 1 fully saturated rings. The van der Waals surface area contributed by atoms with Crippen LogP contribution in [0.3, 0.4) is 0 Å². The van der Waals surface area contributed by atoms with Crippen molar-refractivity contribution in [1.29, 1.82) is 0 Å². The van der Waals surface area contributed by atoms with E-state index in [0.29, 0.717) is 0 Å². The highest BCUT2D eigenvalue weighted by atomic mass is 16.2. The molecule has 1 aliphatic rings. The Labute approximate surface area is 106 Å². The average molecular weight is 240 g/mol. The molecule has 0 saturated carbocycles. The van der Waals surface area contributed by atoms with E-state index in [1.807, 2.05) is 0 Å². The maximum absolute atomic E-state index is 12.4. The molecule has 1 aliphatic heterocycles. The van der Waals surface area contributed by atoms with E-state index in [1.165, 1.54) is 0 Å². The van der Waals surface area contributed by atoms with Crippen LogP contribution in [0, 0.1) is 10.8 Å². The molecule has 0 spiro atoms. The third-order valence-electron chi connectivity index (χ3n) is 3.55. The zero-order valence-corrected chi connectivity index (χ0v) is 11.9. The molecule has 100 valence electrons. The summed E-state index contributed by atoms with van der Waals surface area (Å²) in [6.07, 6.45) is 4.07. The summed E-state index contributed by atoms with van der Waals surface area (Å²) in [4.78, 5) is 12.4. The van der Waals surface area contributed by atoms with Gasteiger partial charge in [0.2, 0.25) is 5.91 Å². The van der Waals surface area contributed by atoms with Gasteiger partial charge in [-0.3, -0.25) is 4.79 Å². The Balaban J connectivity index is 2.60. The molecule has 1 rings (SSSR count). The molecule has 1 heterocycles. The molecule has 0 aromatic carbocycles. The number of hydrogen-bond donors (Lipinski definition) is 2. The van der Waals surface area contributed by atoms with Gasteiger partial charge in [0.15, 0.2) is 0 Å². The van der Waals surface area contributed by atoms with Crippen molar-refractivity contribution in [2.45, 2.75) is 53.4 Å². The summed E-state index contributed by atoms with van der Waals surface area (Å²) in [5.41, 5.74) is 0.0568. The first-order chi connectivity index (χ1) is 7.90. The predicted molar refractivity (Wildman–Crippen MR) is 71.9 cm³/mol. The number of amides is 1. The molecule has 0 bridgehead atoms. The monoisotopic (exact) mass is 240 g/mol. The highest BCUT2D eigenvalue weighted by molar-refractivity contribution is 5.82. The van der Waals surface area contributed by atoms with Gasteiger partial charge in [-0.1, -0.05) is 34.1 Å². The third kappa shape index (κ3) is 4.30. The Hall–Kier alpha value is -0.570. The van der Waals surface area contributed by atoms with Crippen molar-refractivity contribution in [3.8, 4) is 0 Å². The lowest BCUT2D eigenvalue weighted by Crippen LogP contribution is -2.49. The summed E-state index contributed by atoms with van der Waals surface area (Å²) in [6, 6.07) is 0. The van der Waals surface area contributed by atoms with Crippen molar-refractivity contribution in [3.63, 3.8) is 0 Å². The number of carbonyl (C=O) groups is 1. The van der Waals surface area contributed by atoms with E-state index >= 15 is 0 Å². The molecule has 17 heavy (non-hydrogen) atoms. The lowest BCUT2D eigenvalue weighted by atomic mass is 9.74. The van der Waals surface area contributed by atoms with Crippen LogP contribution in [-0.2, 0) is 4.79 Å². The maximum Gasteiger partial charge on any atom is 0.226 e. The molecule has 0 aromatic heterocycles. The van der Waals surface area contributed by atoms with Crippen LogP contribution in [0.2, 0.25) is 0 Å². The molecule has 1 saturated heterocycles. The summed E-state index contributed by atoms with van der Waals surface area (Å²) >= 11 is 0. The van der Waals surface area contributed by atoms with E-state index in [0.717, 1.165) is 45.3 Å². The van der Waals surface area contributed by atoms with Gasteiger partial charge in [-0.2, -0.15) is 0 Å². The van der Waals surface area contributed by atoms with Gasteiger partial charge < -0.3 is 10.6 Å². The van der Waals surface area contributed by atoms with Crippen molar-refractivity contribution in [1.82, 2.24) is 10.6 Å². The lowest BCUT2D eigenvalue weighted by molar-refractivity contribution is -0.133. The lowest BCUT2D eigenvalue weighted by Gasteiger charge is -2.37. The minimum atomic E-state index is -0.106. The molecule has 3 heteroatoms. The van der Waals surface area contributed by atoms with E-state index in [2.05, 4.69) is 38.3 Å². The fourth-order valence-corrected chi connectivity index (χ4v) is 2.51. The Kier molecular flexibility index (Phi) is 4.99. The number of piperidine rings is 1. The Morgan fingerprint density at radius 2 is 1.88 bits per heavy atom. The van der Waals surface area contributed by atoms with Gasteiger partial charge in [0.05, 0.1) is 5.41 Å².